The molecule has 92 valence electrons. The summed E-state index contributed by atoms with van der Waals surface area (Å²) >= 11 is 0. The molecule has 3 heteroatoms. The van der Waals surface area contributed by atoms with Gasteiger partial charge in [0.05, 0.1) is 0 Å². The van der Waals surface area contributed by atoms with Crippen molar-refractivity contribution in [2.45, 2.75) is 13.0 Å². The van der Waals surface area contributed by atoms with Crippen molar-refractivity contribution in [1.29, 1.82) is 0 Å². The smallest absolute Gasteiger partial charge is 0.211 e. The Bertz CT molecular complexity index is 537. The maximum absolute atomic E-state index is 10.6. The van der Waals surface area contributed by atoms with Gasteiger partial charge in [0, 0.05) is 11.3 Å². The normalized spacial score (nSPS) is 11.9. The summed E-state index contributed by atoms with van der Waals surface area (Å²) in [5.74, 6) is 0. The summed E-state index contributed by atoms with van der Waals surface area (Å²) in [6.07, 6.45) is -0.125. The van der Waals surface area contributed by atoms with Crippen molar-refractivity contribution in [3.63, 3.8) is 0 Å². The number of carbonyl (C=O) groups is 1. The van der Waals surface area contributed by atoms with Crippen LogP contribution in [-0.4, -0.2) is 11.5 Å². The largest absolute Gasteiger partial charge is 0.384 e. The topological polar surface area (TPSA) is 49.3 Å². The van der Waals surface area contributed by atoms with Crippen LogP contribution < -0.4 is 5.32 Å². The van der Waals surface area contributed by atoms with Crippen LogP contribution in [0.2, 0.25) is 0 Å². The number of benzene rings is 2. The average molecular weight is 241 g/mol. The molecule has 0 aliphatic rings. The van der Waals surface area contributed by atoms with Gasteiger partial charge < -0.3 is 10.4 Å². The van der Waals surface area contributed by atoms with Crippen LogP contribution >= 0.6 is 0 Å². The number of aliphatic hydroxyl groups excluding tert-OH is 1. The number of amides is 1. The van der Waals surface area contributed by atoms with Crippen LogP contribution in [0, 0.1) is 6.92 Å². The number of hydrogen-bond donors (Lipinski definition) is 2. The van der Waals surface area contributed by atoms with E-state index >= 15 is 0 Å². The van der Waals surface area contributed by atoms with Crippen molar-refractivity contribution in [2.24, 2.45) is 0 Å². The molecule has 1 unspecified atom stereocenters. The highest BCUT2D eigenvalue weighted by Gasteiger charge is 2.14. The molecule has 1 atom stereocenters. The molecule has 2 aromatic carbocycles. The molecule has 0 spiro atoms. The molecule has 0 aliphatic heterocycles. The summed E-state index contributed by atoms with van der Waals surface area (Å²) in [6, 6.07) is 14.9. The molecular weight excluding hydrogens is 226 g/mol. The van der Waals surface area contributed by atoms with Gasteiger partial charge in [0.1, 0.15) is 6.10 Å². The van der Waals surface area contributed by atoms with E-state index in [1.165, 1.54) is 0 Å². The minimum absolute atomic E-state index is 0.617. The molecule has 0 aromatic heterocycles. The minimum Gasteiger partial charge on any atom is -0.384 e. The average Bonchev–Trinajstić information content (AvgIpc) is 2.41. The quantitative estimate of drug-likeness (QED) is 0.808. The molecule has 0 saturated carbocycles. The van der Waals surface area contributed by atoms with E-state index in [2.05, 4.69) is 5.32 Å². The number of carbonyl (C=O) groups excluding carboxylic acids is 1. The minimum atomic E-state index is -0.742. The summed E-state index contributed by atoms with van der Waals surface area (Å²) in [5, 5.41) is 13.0. The lowest BCUT2D eigenvalue weighted by Crippen LogP contribution is -2.05. The van der Waals surface area contributed by atoms with E-state index in [1.807, 2.05) is 49.4 Å². The molecule has 0 fully saturated rings. The number of hydrogen-bond acceptors (Lipinski definition) is 2. The highest BCUT2D eigenvalue weighted by molar-refractivity contribution is 5.74. The van der Waals surface area contributed by atoms with Crippen molar-refractivity contribution in [3.05, 3.63) is 65.2 Å². The number of aliphatic hydroxyl groups is 1. The summed E-state index contributed by atoms with van der Waals surface area (Å²) in [5.41, 5.74) is 3.17. The third-order valence-corrected chi connectivity index (χ3v) is 2.83. The zero-order valence-corrected chi connectivity index (χ0v) is 10.1. The van der Waals surface area contributed by atoms with E-state index in [0.29, 0.717) is 17.7 Å². The van der Waals surface area contributed by atoms with Crippen LogP contribution in [0.3, 0.4) is 0 Å². The van der Waals surface area contributed by atoms with Gasteiger partial charge in [0.2, 0.25) is 6.41 Å². The summed E-state index contributed by atoms with van der Waals surface area (Å²) in [6.45, 7) is 1.95. The lowest BCUT2D eigenvalue weighted by Gasteiger charge is -2.16. The Balaban J connectivity index is 2.43. The number of rotatable bonds is 4. The number of nitrogens with one attached hydrogen (secondary N) is 1. The van der Waals surface area contributed by atoms with Gasteiger partial charge in [-0.1, -0.05) is 48.0 Å². The van der Waals surface area contributed by atoms with E-state index in [9.17, 15) is 9.90 Å². The van der Waals surface area contributed by atoms with E-state index in [0.717, 1.165) is 11.1 Å². The summed E-state index contributed by atoms with van der Waals surface area (Å²) < 4.78 is 0. The molecule has 2 rings (SSSR count). The van der Waals surface area contributed by atoms with Crippen LogP contribution in [0.25, 0.3) is 0 Å². The molecule has 1 amide bonds. The van der Waals surface area contributed by atoms with Crippen molar-refractivity contribution in [3.8, 4) is 0 Å². The predicted octanol–water partition coefficient (Wildman–Crippen LogP) is 2.65. The van der Waals surface area contributed by atoms with Crippen LogP contribution in [0.4, 0.5) is 5.69 Å². The lowest BCUT2D eigenvalue weighted by atomic mass is 9.98. The van der Waals surface area contributed by atoms with Crippen molar-refractivity contribution in [2.75, 3.05) is 5.32 Å². The fourth-order valence-electron chi connectivity index (χ4n) is 1.92. The molecule has 0 radical (unpaired) electrons. The third kappa shape index (κ3) is 2.57. The third-order valence-electron chi connectivity index (χ3n) is 2.83. The van der Waals surface area contributed by atoms with Gasteiger partial charge in [-0.15, -0.1) is 0 Å². The Morgan fingerprint density at radius 3 is 2.56 bits per heavy atom. The summed E-state index contributed by atoms with van der Waals surface area (Å²) in [4.78, 5) is 10.6. The number of aryl methyl sites for hydroxylation is 1. The first kappa shape index (κ1) is 12.3. The maximum atomic E-state index is 10.6. The molecule has 18 heavy (non-hydrogen) atoms. The standard InChI is InChI=1S/C15H15NO2/c1-11-7-8-14(16-10-17)13(9-11)15(18)12-5-3-2-4-6-12/h2-10,15,18H,1H3,(H,16,17). The van der Waals surface area contributed by atoms with Crippen LogP contribution in [0.1, 0.15) is 22.8 Å². The SMILES string of the molecule is Cc1ccc(NC=O)c(C(O)c2ccccc2)c1. The fraction of sp³-hybridized carbons (Fsp3) is 0.133. The Kier molecular flexibility index (Phi) is 3.75. The maximum Gasteiger partial charge on any atom is 0.211 e. The highest BCUT2D eigenvalue weighted by Crippen LogP contribution is 2.28. The Morgan fingerprint density at radius 1 is 1.17 bits per heavy atom. The van der Waals surface area contributed by atoms with Gasteiger partial charge >= 0.3 is 0 Å². The van der Waals surface area contributed by atoms with Crippen molar-refractivity contribution >= 4 is 12.1 Å². The van der Waals surface area contributed by atoms with Gasteiger partial charge in [-0.3, -0.25) is 4.79 Å². The first-order valence-corrected chi connectivity index (χ1v) is 5.76. The second kappa shape index (κ2) is 5.47. The van der Waals surface area contributed by atoms with E-state index < -0.39 is 6.10 Å². The predicted molar refractivity (Wildman–Crippen MR) is 71.4 cm³/mol. The van der Waals surface area contributed by atoms with Gasteiger partial charge in [0.15, 0.2) is 0 Å². The van der Waals surface area contributed by atoms with Crippen molar-refractivity contribution in [1.82, 2.24) is 0 Å². The van der Waals surface area contributed by atoms with Gasteiger partial charge in [-0.2, -0.15) is 0 Å². The van der Waals surface area contributed by atoms with E-state index in [-0.39, 0.29) is 0 Å². The van der Waals surface area contributed by atoms with E-state index in [1.54, 1.807) is 6.07 Å². The number of anilines is 1. The lowest BCUT2D eigenvalue weighted by molar-refractivity contribution is -0.105. The molecule has 0 bridgehead atoms. The molecule has 3 nitrogen and oxygen atoms in total. The Morgan fingerprint density at radius 2 is 1.89 bits per heavy atom. The van der Waals surface area contributed by atoms with Crippen molar-refractivity contribution < 1.29 is 9.90 Å². The fourth-order valence-corrected chi connectivity index (χ4v) is 1.92. The molecule has 2 N–H and O–H groups in total. The molecular formula is C15H15NO2. The van der Waals surface area contributed by atoms with Crippen LogP contribution in [-0.2, 0) is 4.79 Å². The molecule has 0 aliphatic carbocycles. The molecule has 0 heterocycles. The highest BCUT2D eigenvalue weighted by atomic mass is 16.3. The van der Waals surface area contributed by atoms with Gasteiger partial charge in [0.25, 0.3) is 0 Å². The summed E-state index contributed by atoms with van der Waals surface area (Å²) in [7, 11) is 0. The van der Waals surface area contributed by atoms with Crippen LogP contribution in [0.15, 0.2) is 48.5 Å². The molecule has 0 saturated heterocycles. The molecule has 2 aromatic rings. The monoisotopic (exact) mass is 241 g/mol. The zero-order chi connectivity index (χ0) is 13.0. The zero-order valence-electron chi connectivity index (χ0n) is 10.1. The second-order valence-corrected chi connectivity index (χ2v) is 4.17. The second-order valence-electron chi connectivity index (χ2n) is 4.17. The Hall–Kier alpha value is -2.13. The van der Waals surface area contributed by atoms with Gasteiger partial charge in [-0.25, -0.2) is 0 Å². The van der Waals surface area contributed by atoms with Crippen LogP contribution in [0.5, 0.6) is 0 Å². The van der Waals surface area contributed by atoms with Gasteiger partial charge in [-0.05, 0) is 18.6 Å². The Labute approximate surface area is 106 Å². The van der Waals surface area contributed by atoms with E-state index in [4.69, 9.17) is 0 Å². The first-order chi connectivity index (χ1) is 8.72. The first-order valence-electron chi connectivity index (χ1n) is 5.76.